The highest BCUT2D eigenvalue weighted by Crippen LogP contribution is 2.27. The molecule has 1 aliphatic heterocycles. The molecule has 0 aliphatic carbocycles. The van der Waals surface area contributed by atoms with Gasteiger partial charge in [-0.25, -0.2) is 4.98 Å². The number of carbonyl (C=O) groups is 1. The number of aryl methyl sites for hydroxylation is 2. The predicted octanol–water partition coefficient (Wildman–Crippen LogP) is 5.07. The number of nitrogens with two attached hydrogens (primary N) is 1. The Morgan fingerprint density at radius 2 is 1.94 bits per heavy atom. The number of anilines is 1. The lowest BCUT2D eigenvalue weighted by atomic mass is 10.1. The molecule has 0 bridgehead atoms. The molecule has 1 atom stereocenters. The second-order valence-corrected chi connectivity index (χ2v) is 9.44. The summed E-state index contributed by atoms with van der Waals surface area (Å²) >= 11 is 0. The number of ether oxygens (including phenoxy) is 1. The van der Waals surface area contributed by atoms with Crippen LogP contribution in [0.25, 0.3) is 5.69 Å². The number of rotatable bonds is 7. The van der Waals surface area contributed by atoms with E-state index in [9.17, 15) is 4.79 Å². The standard InChI is InChI=1S/C29H31N5O2/c1-20-8-9-23(14-28(20)36-27-6-4-3-5-7-27)29(35)32-25-12-22(17-33-11-10-24(30)18-33)13-26(15-25)34-16-21(2)31-19-34/h3-9,12-16,19,24H,10-11,17-18,30H2,1-2H3,(H,32,35). The van der Waals surface area contributed by atoms with E-state index in [1.54, 1.807) is 12.4 Å². The Balaban J connectivity index is 1.40. The number of hydrogen-bond acceptors (Lipinski definition) is 5. The number of imidazole rings is 1. The molecular weight excluding hydrogens is 450 g/mol. The fraction of sp³-hybridized carbons (Fsp3) is 0.241. The van der Waals surface area contributed by atoms with Crippen molar-refractivity contribution in [3.63, 3.8) is 0 Å². The lowest BCUT2D eigenvalue weighted by Crippen LogP contribution is -2.26. The molecule has 184 valence electrons. The van der Waals surface area contributed by atoms with E-state index in [1.165, 1.54) is 0 Å². The van der Waals surface area contributed by atoms with Crippen molar-refractivity contribution in [1.29, 1.82) is 0 Å². The van der Waals surface area contributed by atoms with Crippen LogP contribution in [-0.4, -0.2) is 39.5 Å². The second-order valence-electron chi connectivity index (χ2n) is 9.44. The van der Waals surface area contributed by atoms with E-state index in [1.807, 2.05) is 79.2 Å². The molecule has 2 heterocycles. The monoisotopic (exact) mass is 481 g/mol. The maximum atomic E-state index is 13.3. The zero-order chi connectivity index (χ0) is 25.1. The minimum absolute atomic E-state index is 0.194. The van der Waals surface area contributed by atoms with Gasteiger partial charge in [0.05, 0.1) is 12.0 Å². The third kappa shape index (κ3) is 5.64. The van der Waals surface area contributed by atoms with Crippen molar-refractivity contribution in [2.75, 3.05) is 18.4 Å². The maximum absolute atomic E-state index is 13.3. The number of carbonyl (C=O) groups excluding carboxylic acids is 1. The predicted molar refractivity (Wildman–Crippen MR) is 142 cm³/mol. The molecule has 1 fully saturated rings. The number of aromatic nitrogens is 2. The van der Waals surface area contributed by atoms with Gasteiger partial charge in [-0.05, 0) is 73.9 Å². The van der Waals surface area contributed by atoms with E-state index in [0.717, 1.165) is 60.0 Å². The zero-order valence-electron chi connectivity index (χ0n) is 20.6. The summed E-state index contributed by atoms with van der Waals surface area (Å²) in [6.45, 7) is 6.56. The van der Waals surface area contributed by atoms with Crippen LogP contribution in [-0.2, 0) is 6.54 Å². The summed E-state index contributed by atoms with van der Waals surface area (Å²) in [5, 5.41) is 3.09. The van der Waals surface area contributed by atoms with Crippen molar-refractivity contribution in [3.05, 3.63) is 102 Å². The normalized spacial score (nSPS) is 15.7. The van der Waals surface area contributed by atoms with Crippen LogP contribution in [0.15, 0.2) is 79.3 Å². The highest BCUT2D eigenvalue weighted by atomic mass is 16.5. The molecule has 7 nitrogen and oxygen atoms in total. The lowest BCUT2D eigenvalue weighted by Gasteiger charge is -2.18. The van der Waals surface area contributed by atoms with Gasteiger partial charge in [0, 0.05) is 48.8 Å². The molecule has 36 heavy (non-hydrogen) atoms. The van der Waals surface area contributed by atoms with Gasteiger partial charge in [0.1, 0.15) is 11.5 Å². The number of hydrogen-bond donors (Lipinski definition) is 2. The van der Waals surface area contributed by atoms with Crippen LogP contribution in [0.5, 0.6) is 11.5 Å². The summed E-state index contributed by atoms with van der Waals surface area (Å²) < 4.78 is 8.00. The molecule has 3 N–H and O–H groups in total. The molecule has 1 unspecified atom stereocenters. The number of benzene rings is 3. The molecule has 1 saturated heterocycles. The van der Waals surface area contributed by atoms with E-state index < -0.39 is 0 Å². The number of amides is 1. The molecule has 1 aliphatic rings. The molecule has 0 saturated carbocycles. The Kier molecular flexibility index (Phi) is 6.84. The first-order chi connectivity index (χ1) is 17.4. The van der Waals surface area contributed by atoms with E-state index in [0.29, 0.717) is 11.3 Å². The first-order valence-electron chi connectivity index (χ1n) is 12.2. The van der Waals surface area contributed by atoms with Crippen molar-refractivity contribution in [2.45, 2.75) is 32.9 Å². The smallest absolute Gasteiger partial charge is 0.255 e. The third-order valence-corrected chi connectivity index (χ3v) is 6.38. The van der Waals surface area contributed by atoms with E-state index in [4.69, 9.17) is 10.5 Å². The first-order valence-corrected chi connectivity index (χ1v) is 12.2. The summed E-state index contributed by atoms with van der Waals surface area (Å²) in [6.07, 6.45) is 4.77. The summed E-state index contributed by atoms with van der Waals surface area (Å²) in [5.74, 6) is 1.19. The summed E-state index contributed by atoms with van der Waals surface area (Å²) in [5.41, 5.74) is 11.3. The van der Waals surface area contributed by atoms with Crippen LogP contribution in [0.4, 0.5) is 5.69 Å². The molecule has 4 aromatic rings. The average molecular weight is 482 g/mol. The highest BCUT2D eigenvalue weighted by molar-refractivity contribution is 6.04. The Hall–Kier alpha value is -3.94. The summed E-state index contributed by atoms with van der Waals surface area (Å²) in [7, 11) is 0. The van der Waals surface area contributed by atoms with Gasteiger partial charge in [0.2, 0.25) is 0 Å². The van der Waals surface area contributed by atoms with Crippen molar-refractivity contribution in [1.82, 2.24) is 14.5 Å². The van der Waals surface area contributed by atoms with Crippen molar-refractivity contribution < 1.29 is 9.53 Å². The molecule has 3 aromatic carbocycles. The fourth-order valence-corrected chi connectivity index (χ4v) is 4.48. The van der Waals surface area contributed by atoms with Crippen LogP contribution in [0.2, 0.25) is 0 Å². The number of para-hydroxylation sites is 1. The zero-order valence-corrected chi connectivity index (χ0v) is 20.6. The van der Waals surface area contributed by atoms with Gasteiger partial charge < -0.3 is 20.4 Å². The molecule has 1 aromatic heterocycles. The van der Waals surface area contributed by atoms with Crippen LogP contribution in [0.3, 0.4) is 0 Å². The molecule has 0 radical (unpaired) electrons. The molecular formula is C29H31N5O2. The highest BCUT2D eigenvalue weighted by Gasteiger charge is 2.20. The van der Waals surface area contributed by atoms with Gasteiger partial charge in [-0.3, -0.25) is 9.69 Å². The minimum atomic E-state index is -0.194. The largest absolute Gasteiger partial charge is 0.457 e. The Labute approximate surface area is 211 Å². The molecule has 5 rings (SSSR count). The maximum Gasteiger partial charge on any atom is 0.255 e. The number of nitrogens with one attached hydrogen (secondary N) is 1. The van der Waals surface area contributed by atoms with Crippen LogP contribution in [0, 0.1) is 13.8 Å². The van der Waals surface area contributed by atoms with Crippen molar-refractivity contribution in [2.24, 2.45) is 5.73 Å². The Morgan fingerprint density at radius 3 is 2.67 bits per heavy atom. The van der Waals surface area contributed by atoms with Gasteiger partial charge in [-0.1, -0.05) is 24.3 Å². The van der Waals surface area contributed by atoms with Crippen LogP contribution in [0.1, 0.15) is 33.6 Å². The summed E-state index contributed by atoms with van der Waals surface area (Å²) in [6, 6.07) is 21.4. The third-order valence-electron chi connectivity index (χ3n) is 6.38. The molecule has 0 spiro atoms. The number of likely N-dealkylation sites (tertiary alicyclic amines) is 1. The quantitative estimate of drug-likeness (QED) is 0.385. The van der Waals surface area contributed by atoms with Crippen molar-refractivity contribution >= 4 is 11.6 Å². The van der Waals surface area contributed by atoms with Gasteiger partial charge in [0.25, 0.3) is 5.91 Å². The van der Waals surface area contributed by atoms with E-state index >= 15 is 0 Å². The minimum Gasteiger partial charge on any atom is -0.457 e. The van der Waals surface area contributed by atoms with E-state index in [2.05, 4.69) is 21.3 Å². The van der Waals surface area contributed by atoms with Crippen LogP contribution >= 0.6 is 0 Å². The fourth-order valence-electron chi connectivity index (χ4n) is 4.48. The van der Waals surface area contributed by atoms with Crippen LogP contribution < -0.4 is 15.8 Å². The average Bonchev–Trinajstić information content (AvgIpc) is 3.48. The first kappa shape index (κ1) is 23.8. The van der Waals surface area contributed by atoms with Gasteiger partial charge >= 0.3 is 0 Å². The van der Waals surface area contributed by atoms with Crippen molar-refractivity contribution in [3.8, 4) is 17.2 Å². The summed E-state index contributed by atoms with van der Waals surface area (Å²) in [4.78, 5) is 20.0. The number of nitrogens with zero attached hydrogens (tertiary/aromatic N) is 3. The topological polar surface area (TPSA) is 85.4 Å². The Bertz CT molecular complexity index is 1370. The molecule has 7 heteroatoms. The van der Waals surface area contributed by atoms with Gasteiger partial charge in [-0.15, -0.1) is 0 Å². The SMILES string of the molecule is Cc1cn(-c2cc(CN3CCC(N)C3)cc(NC(=O)c3ccc(C)c(Oc4ccccc4)c3)c2)cn1. The second kappa shape index (κ2) is 10.4. The van der Waals surface area contributed by atoms with Gasteiger partial charge in [0.15, 0.2) is 0 Å². The molecule has 1 amide bonds. The lowest BCUT2D eigenvalue weighted by molar-refractivity contribution is 0.102. The van der Waals surface area contributed by atoms with Gasteiger partial charge in [-0.2, -0.15) is 0 Å². The Morgan fingerprint density at radius 1 is 1.11 bits per heavy atom. The van der Waals surface area contributed by atoms with E-state index in [-0.39, 0.29) is 11.9 Å².